The van der Waals surface area contributed by atoms with Gasteiger partial charge in [-0.15, -0.1) is 0 Å². The van der Waals surface area contributed by atoms with Crippen LogP contribution in [0.3, 0.4) is 0 Å². The number of hydrogen-bond donors (Lipinski definition) is 1. The maximum Gasteiger partial charge on any atom is 0.129 e. The van der Waals surface area contributed by atoms with Gasteiger partial charge >= 0.3 is 0 Å². The first-order valence-electron chi connectivity index (χ1n) is 6.76. The zero-order valence-corrected chi connectivity index (χ0v) is 13.4. The lowest BCUT2D eigenvalue weighted by molar-refractivity contribution is 0.401. The SMILES string of the molecule is CNC(c1ccc(C)c(C)c1OC)c1c(F)cccc1Cl. The van der Waals surface area contributed by atoms with Gasteiger partial charge in [0.05, 0.1) is 13.2 Å². The highest BCUT2D eigenvalue weighted by molar-refractivity contribution is 6.31. The van der Waals surface area contributed by atoms with E-state index in [0.717, 1.165) is 22.4 Å². The predicted octanol–water partition coefficient (Wildman–Crippen LogP) is 4.41. The first kappa shape index (κ1) is 15.8. The highest BCUT2D eigenvalue weighted by Crippen LogP contribution is 2.37. The van der Waals surface area contributed by atoms with Crippen LogP contribution in [0.1, 0.15) is 28.3 Å². The van der Waals surface area contributed by atoms with E-state index in [9.17, 15) is 4.39 Å². The van der Waals surface area contributed by atoms with E-state index in [4.69, 9.17) is 16.3 Å². The lowest BCUT2D eigenvalue weighted by atomic mass is 9.94. The molecule has 21 heavy (non-hydrogen) atoms. The third-order valence-corrected chi connectivity index (χ3v) is 4.13. The van der Waals surface area contributed by atoms with E-state index < -0.39 is 0 Å². The minimum absolute atomic E-state index is 0.331. The van der Waals surface area contributed by atoms with E-state index in [1.54, 1.807) is 26.3 Å². The highest BCUT2D eigenvalue weighted by Gasteiger charge is 2.23. The third-order valence-electron chi connectivity index (χ3n) is 3.80. The number of rotatable bonds is 4. The molecule has 0 fully saturated rings. The normalized spacial score (nSPS) is 12.3. The highest BCUT2D eigenvalue weighted by atomic mass is 35.5. The van der Waals surface area contributed by atoms with E-state index in [2.05, 4.69) is 5.32 Å². The van der Waals surface area contributed by atoms with Crippen molar-refractivity contribution in [3.8, 4) is 5.75 Å². The number of ether oxygens (including phenoxy) is 1. The summed E-state index contributed by atoms with van der Waals surface area (Å²) in [7, 11) is 3.41. The van der Waals surface area contributed by atoms with Crippen molar-refractivity contribution in [2.24, 2.45) is 0 Å². The van der Waals surface area contributed by atoms with E-state index >= 15 is 0 Å². The fourth-order valence-electron chi connectivity index (χ4n) is 2.55. The summed E-state index contributed by atoms with van der Waals surface area (Å²) in [5, 5.41) is 3.53. The molecule has 0 aliphatic rings. The summed E-state index contributed by atoms with van der Waals surface area (Å²) in [6.07, 6.45) is 0. The molecule has 0 saturated heterocycles. The van der Waals surface area contributed by atoms with Crippen molar-refractivity contribution in [3.63, 3.8) is 0 Å². The molecule has 1 unspecified atom stereocenters. The maximum atomic E-state index is 14.2. The quantitative estimate of drug-likeness (QED) is 0.903. The Balaban J connectivity index is 2.65. The molecule has 0 aromatic heterocycles. The van der Waals surface area contributed by atoms with Crippen LogP contribution in [0.5, 0.6) is 5.75 Å². The average Bonchev–Trinajstić information content (AvgIpc) is 2.46. The van der Waals surface area contributed by atoms with Gasteiger partial charge in [-0.05, 0) is 44.2 Å². The minimum atomic E-state index is -0.368. The number of halogens is 2. The molecule has 0 bridgehead atoms. The smallest absolute Gasteiger partial charge is 0.129 e. The Hall–Kier alpha value is -1.58. The molecular formula is C17H19ClFNO. The Bertz CT molecular complexity index is 637. The molecule has 1 N–H and O–H groups in total. The van der Waals surface area contributed by atoms with Crippen LogP contribution in [0.4, 0.5) is 4.39 Å². The summed E-state index contributed by atoms with van der Waals surface area (Å²) in [6, 6.07) is 8.30. The minimum Gasteiger partial charge on any atom is -0.496 e. The molecule has 0 aliphatic heterocycles. The van der Waals surface area contributed by atoms with Gasteiger partial charge in [-0.1, -0.05) is 29.8 Å². The summed E-state index contributed by atoms with van der Waals surface area (Å²) in [5.41, 5.74) is 3.48. The monoisotopic (exact) mass is 307 g/mol. The second kappa shape index (κ2) is 6.46. The summed E-state index contributed by atoms with van der Waals surface area (Å²) in [4.78, 5) is 0. The molecule has 0 spiro atoms. The van der Waals surface area contributed by atoms with Crippen LogP contribution in [0, 0.1) is 19.7 Å². The molecule has 2 rings (SSSR count). The van der Waals surface area contributed by atoms with Crippen molar-refractivity contribution in [3.05, 3.63) is 63.4 Å². The first-order chi connectivity index (χ1) is 10.0. The van der Waals surface area contributed by atoms with E-state index in [1.165, 1.54) is 6.07 Å². The van der Waals surface area contributed by atoms with Crippen molar-refractivity contribution >= 4 is 11.6 Å². The number of methoxy groups -OCH3 is 1. The largest absolute Gasteiger partial charge is 0.496 e. The molecule has 2 aromatic carbocycles. The molecule has 4 heteroatoms. The van der Waals surface area contributed by atoms with Crippen LogP contribution >= 0.6 is 11.6 Å². The molecule has 1 atom stereocenters. The summed E-state index contributed by atoms with van der Waals surface area (Å²) in [5.74, 6) is 0.427. The van der Waals surface area contributed by atoms with Crippen LogP contribution in [0.2, 0.25) is 5.02 Å². The lowest BCUT2D eigenvalue weighted by Gasteiger charge is -2.23. The lowest BCUT2D eigenvalue weighted by Crippen LogP contribution is -2.20. The van der Waals surface area contributed by atoms with Crippen LogP contribution < -0.4 is 10.1 Å². The van der Waals surface area contributed by atoms with Crippen molar-refractivity contribution in [1.82, 2.24) is 5.32 Å². The topological polar surface area (TPSA) is 21.3 Å². The number of aryl methyl sites for hydroxylation is 1. The van der Waals surface area contributed by atoms with Crippen molar-refractivity contribution in [2.45, 2.75) is 19.9 Å². The van der Waals surface area contributed by atoms with Crippen LogP contribution in [0.15, 0.2) is 30.3 Å². The van der Waals surface area contributed by atoms with Crippen molar-refractivity contribution in [2.75, 3.05) is 14.2 Å². The van der Waals surface area contributed by atoms with E-state index in [-0.39, 0.29) is 11.9 Å². The van der Waals surface area contributed by atoms with Gasteiger partial charge in [-0.25, -0.2) is 4.39 Å². The zero-order chi connectivity index (χ0) is 15.6. The van der Waals surface area contributed by atoms with Crippen LogP contribution in [-0.4, -0.2) is 14.2 Å². The number of nitrogens with one attached hydrogen (secondary N) is 1. The van der Waals surface area contributed by atoms with Gasteiger partial charge in [0.25, 0.3) is 0 Å². The Morgan fingerprint density at radius 2 is 1.90 bits per heavy atom. The maximum absolute atomic E-state index is 14.2. The third kappa shape index (κ3) is 2.89. The second-order valence-electron chi connectivity index (χ2n) is 4.99. The van der Waals surface area contributed by atoms with Crippen LogP contribution in [0.25, 0.3) is 0 Å². The Kier molecular flexibility index (Phi) is 4.86. The van der Waals surface area contributed by atoms with Gasteiger partial charge in [-0.2, -0.15) is 0 Å². The molecule has 0 amide bonds. The number of hydrogen-bond acceptors (Lipinski definition) is 2. The molecule has 0 heterocycles. The zero-order valence-electron chi connectivity index (χ0n) is 12.6. The molecule has 2 nitrogen and oxygen atoms in total. The van der Waals surface area contributed by atoms with E-state index in [1.807, 2.05) is 26.0 Å². The van der Waals surface area contributed by atoms with Crippen molar-refractivity contribution < 1.29 is 9.13 Å². The van der Waals surface area contributed by atoms with E-state index in [0.29, 0.717) is 10.6 Å². The van der Waals surface area contributed by atoms with Gasteiger partial charge in [-0.3, -0.25) is 0 Å². The number of benzene rings is 2. The van der Waals surface area contributed by atoms with Gasteiger partial charge in [0.1, 0.15) is 11.6 Å². The van der Waals surface area contributed by atoms with Gasteiger partial charge in [0.15, 0.2) is 0 Å². The summed E-state index contributed by atoms with van der Waals surface area (Å²) >= 11 is 6.20. The Morgan fingerprint density at radius 1 is 1.19 bits per heavy atom. The Morgan fingerprint density at radius 3 is 2.48 bits per heavy atom. The van der Waals surface area contributed by atoms with Crippen molar-refractivity contribution in [1.29, 1.82) is 0 Å². The fourth-order valence-corrected chi connectivity index (χ4v) is 2.82. The van der Waals surface area contributed by atoms with Crippen LogP contribution in [-0.2, 0) is 0 Å². The molecule has 0 saturated carbocycles. The second-order valence-corrected chi connectivity index (χ2v) is 5.39. The standard InChI is InChI=1S/C17H19ClFNO/c1-10-8-9-12(17(21-4)11(10)2)16(20-3)15-13(18)6-5-7-14(15)19/h5-9,16,20H,1-4H3. The first-order valence-corrected chi connectivity index (χ1v) is 7.14. The summed E-state index contributed by atoms with van der Waals surface area (Å²) < 4.78 is 19.8. The summed E-state index contributed by atoms with van der Waals surface area (Å²) in [6.45, 7) is 4.01. The van der Waals surface area contributed by atoms with Gasteiger partial charge in [0, 0.05) is 16.1 Å². The van der Waals surface area contributed by atoms with Gasteiger partial charge < -0.3 is 10.1 Å². The predicted molar refractivity (Wildman–Crippen MR) is 84.8 cm³/mol. The average molecular weight is 308 g/mol. The van der Waals surface area contributed by atoms with Gasteiger partial charge in [0.2, 0.25) is 0 Å². The Labute approximate surface area is 129 Å². The molecule has 2 aromatic rings. The molecular weight excluding hydrogens is 289 g/mol. The molecule has 0 aliphatic carbocycles. The fraction of sp³-hybridized carbons (Fsp3) is 0.294. The molecule has 112 valence electrons. The molecule has 0 radical (unpaired) electrons.